The molecule has 1 aliphatic heterocycles. The molecule has 1 aliphatic rings. The van der Waals surface area contributed by atoms with E-state index >= 15 is 0 Å². The highest BCUT2D eigenvalue weighted by molar-refractivity contribution is 5.95. The Labute approximate surface area is 148 Å². The second kappa shape index (κ2) is 7.66. The Morgan fingerprint density at radius 2 is 2.00 bits per heavy atom. The van der Waals surface area contributed by atoms with Crippen LogP contribution in [0.2, 0.25) is 0 Å². The molecule has 0 saturated carbocycles. The number of hydrogen-bond donors (Lipinski definition) is 0. The lowest BCUT2D eigenvalue weighted by atomic mass is 10.1. The van der Waals surface area contributed by atoms with Crippen molar-refractivity contribution in [2.75, 3.05) is 13.2 Å². The standard InChI is InChI=1S/C20H24N2O3/c1-14(2)25-17-10-7-11-21-19(17)20(23)22-12-18(24-13-15(22)3)16-8-5-4-6-9-16/h4-11,14-15,18H,12-13H2,1-3H3/t15-,18+/m1/s1. The fourth-order valence-electron chi connectivity index (χ4n) is 2.95. The summed E-state index contributed by atoms with van der Waals surface area (Å²) < 4.78 is 11.7. The maximum absolute atomic E-state index is 13.1. The molecule has 5 heteroatoms. The Hall–Kier alpha value is -2.40. The topological polar surface area (TPSA) is 51.7 Å². The summed E-state index contributed by atoms with van der Waals surface area (Å²) in [5, 5.41) is 0. The van der Waals surface area contributed by atoms with Crippen LogP contribution in [0.5, 0.6) is 5.75 Å². The number of pyridine rings is 1. The number of ether oxygens (including phenoxy) is 2. The van der Waals surface area contributed by atoms with E-state index in [0.717, 1.165) is 5.56 Å². The van der Waals surface area contributed by atoms with E-state index in [1.54, 1.807) is 18.3 Å². The minimum Gasteiger partial charge on any atom is -0.489 e. The van der Waals surface area contributed by atoms with Crippen LogP contribution in [0.25, 0.3) is 0 Å². The van der Waals surface area contributed by atoms with E-state index in [9.17, 15) is 4.79 Å². The summed E-state index contributed by atoms with van der Waals surface area (Å²) in [5.74, 6) is 0.408. The molecule has 5 nitrogen and oxygen atoms in total. The number of morpholine rings is 1. The van der Waals surface area contributed by atoms with Crippen molar-refractivity contribution in [2.24, 2.45) is 0 Å². The molecule has 0 aliphatic carbocycles. The molecule has 1 aromatic carbocycles. The summed E-state index contributed by atoms with van der Waals surface area (Å²) in [7, 11) is 0. The molecule has 1 amide bonds. The van der Waals surface area contributed by atoms with Gasteiger partial charge in [-0.05, 0) is 38.5 Å². The number of hydrogen-bond acceptors (Lipinski definition) is 4. The highest BCUT2D eigenvalue weighted by Crippen LogP contribution is 2.27. The van der Waals surface area contributed by atoms with Gasteiger partial charge < -0.3 is 14.4 Å². The van der Waals surface area contributed by atoms with Gasteiger partial charge in [0.2, 0.25) is 0 Å². The summed E-state index contributed by atoms with van der Waals surface area (Å²) in [5.41, 5.74) is 1.43. The lowest BCUT2D eigenvalue weighted by Crippen LogP contribution is -2.48. The number of benzene rings is 1. The predicted octanol–water partition coefficient (Wildman–Crippen LogP) is 3.47. The molecule has 1 saturated heterocycles. The molecule has 0 radical (unpaired) electrons. The van der Waals surface area contributed by atoms with Gasteiger partial charge >= 0.3 is 0 Å². The van der Waals surface area contributed by atoms with Crippen molar-refractivity contribution in [3.63, 3.8) is 0 Å². The summed E-state index contributed by atoms with van der Waals surface area (Å²) in [6.45, 7) is 6.86. The maximum atomic E-state index is 13.1. The Kier molecular flexibility index (Phi) is 5.34. The van der Waals surface area contributed by atoms with Crippen LogP contribution in [-0.4, -0.2) is 41.1 Å². The van der Waals surface area contributed by atoms with Gasteiger partial charge in [0.25, 0.3) is 5.91 Å². The van der Waals surface area contributed by atoms with E-state index in [1.807, 2.05) is 56.0 Å². The first-order valence-electron chi connectivity index (χ1n) is 8.65. The van der Waals surface area contributed by atoms with Gasteiger partial charge in [-0.1, -0.05) is 30.3 Å². The Bertz CT molecular complexity index is 718. The average molecular weight is 340 g/mol. The van der Waals surface area contributed by atoms with Gasteiger partial charge in [0.15, 0.2) is 11.4 Å². The van der Waals surface area contributed by atoms with Crippen LogP contribution >= 0.6 is 0 Å². The number of amides is 1. The Morgan fingerprint density at radius 3 is 2.72 bits per heavy atom. The van der Waals surface area contributed by atoms with E-state index in [2.05, 4.69) is 4.98 Å². The summed E-state index contributed by atoms with van der Waals surface area (Å²) in [6, 6.07) is 13.5. The molecular formula is C20H24N2O3. The van der Waals surface area contributed by atoms with Crippen LogP contribution in [0.1, 0.15) is 42.9 Å². The van der Waals surface area contributed by atoms with Crippen molar-refractivity contribution < 1.29 is 14.3 Å². The SMILES string of the molecule is CC(C)Oc1cccnc1C(=O)N1C[C@@H](c2ccccc2)OC[C@H]1C. The zero-order valence-electron chi connectivity index (χ0n) is 14.9. The van der Waals surface area contributed by atoms with Gasteiger partial charge in [0.1, 0.15) is 6.10 Å². The average Bonchev–Trinajstić information content (AvgIpc) is 2.62. The van der Waals surface area contributed by atoms with Crippen molar-refractivity contribution in [3.8, 4) is 5.75 Å². The smallest absolute Gasteiger partial charge is 0.276 e. The first-order chi connectivity index (χ1) is 12.1. The van der Waals surface area contributed by atoms with Gasteiger partial charge in [-0.3, -0.25) is 4.79 Å². The van der Waals surface area contributed by atoms with Crippen molar-refractivity contribution >= 4 is 5.91 Å². The lowest BCUT2D eigenvalue weighted by Gasteiger charge is -2.38. The zero-order valence-corrected chi connectivity index (χ0v) is 14.9. The molecule has 2 aromatic rings. The van der Waals surface area contributed by atoms with Crippen molar-refractivity contribution in [1.29, 1.82) is 0 Å². The maximum Gasteiger partial charge on any atom is 0.276 e. The second-order valence-corrected chi connectivity index (χ2v) is 6.56. The van der Waals surface area contributed by atoms with E-state index in [4.69, 9.17) is 9.47 Å². The van der Waals surface area contributed by atoms with E-state index < -0.39 is 0 Å². The molecule has 0 bridgehead atoms. The molecule has 0 spiro atoms. The van der Waals surface area contributed by atoms with Gasteiger partial charge in [-0.15, -0.1) is 0 Å². The molecule has 3 rings (SSSR count). The predicted molar refractivity (Wildman–Crippen MR) is 95.6 cm³/mol. The number of carbonyl (C=O) groups excluding carboxylic acids is 1. The molecule has 2 atom stereocenters. The van der Waals surface area contributed by atoms with Gasteiger partial charge in [-0.25, -0.2) is 4.98 Å². The lowest BCUT2D eigenvalue weighted by molar-refractivity contribution is -0.0489. The largest absolute Gasteiger partial charge is 0.489 e. The second-order valence-electron chi connectivity index (χ2n) is 6.56. The van der Waals surface area contributed by atoms with Crippen molar-refractivity contribution in [2.45, 2.75) is 39.0 Å². The van der Waals surface area contributed by atoms with Gasteiger partial charge in [0, 0.05) is 6.20 Å². The van der Waals surface area contributed by atoms with Gasteiger partial charge in [0.05, 0.1) is 25.3 Å². The quantitative estimate of drug-likeness (QED) is 0.855. The first kappa shape index (κ1) is 17.4. The molecule has 0 unspecified atom stereocenters. The summed E-state index contributed by atoms with van der Waals surface area (Å²) in [6.07, 6.45) is 1.48. The minimum atomic E-state index is -0.125. The highest BCUT2D eigenvalue weighted by Gasteiger charge is 2.33. The molecule has 2 heterocycles. The third-order valence-electron chi connectivity index (χ3n) is 4.20. The van der Waals surface area contributed by atoms with Crippen LogP contribution in [-0.2, 0) is 4.74 Å². The van der Waals surface area contributed by atoms with Gasteiger partial charge in [-0.2, -0.15) is 0 Å². The zero-order chi connectivity index (χ0) is 17.8. The van der Waals surface area contributed by atoms with Crippen LogP contribution in [0, 0.1) is 0 Å². The fourth-order valence-corrected chi connectivity index (χ4v) is 2.95. The van der Waals surface area contributed by atoms with Crippen molar-refractivity contribution in [3.05, 3.63) is 59.9 Å². The highest BCUT2D eigenvalue weighted by atomic mass is 16.5. The Morgan fingerprint density at radius 1 is 1.24 bits per heavy atom. The fraction of sp³-hybridized carbons (Fsp3) is 0.400. The molecule has 25 heavy (non-hydrogen) atoms. The van der Waals surface area contributed by atoms with E-state index in [0.29, 0.717) is 24.6 Å². The molecule has 1 aromatic heterocycles. The third kappa shape index (κ3) is 3.99. The van der Waals surface area contributed by atoms with Crippen LogP contribution < -0.4 is 4.74 Å². The molecular weight excluding hydrogens is 316 g/mol. The van der Waals surface area contributed by atoms with Crippen LogP contribution in [0.3, 0.4) is 0 Å². The van der Waals surface area contributed by atoms with E-state index in [1.165, 1.54) is 0 Å². The van der Waals surface area contributed by atoms with E-state index in [-0.39, 0.29) is 24.2 Å². The number of nitrogens with zero attached hydrogens (tertiary/aromatic N) is 2. The number of carbonyl (C=O) groups is 1. The number of aromatic nitrogens is 1. The normalized spacial score (nSPS) is 20.6. The molecule has 1 fully saturated rings. The molecule has 132 valence electrons. The third-order valence-corrected chi connectivity index (χ3v) is 4.20. The monoisotopic (exact) mass is 340 g/mol. The summed E-state index contributed by atoms with van der Waals surface area (Å²) >= 11 is 0. The first-order valence-corrected chi connectivity index (χ1v) is 8.65. The van der Waals surface area contributed by atoms with Crippen molar-refractivity contribution in [1.82, 2.24) is 9.88 Å². The molecule has 0 N–H and O–H groups in total. The summed E-state index contributed by atoms with van der Waals surface area (Å²) in [4.78, 5) is 19.2. The number of rotatable bonds is 4. The van der Waals surface area contributed by atoms with Crippen LogP contribution in [0.4, 0.5) is 0 Å². The Balaban J connectivity index is 1.83. The minimum absolute atomic E-state index is 0.0126. The van der Waals surface area contributed by atoms with Crippen LogP contribution in [0.15, 0.2) is 48.7 Å².